The van der Waals surface area contributed by atoms with Crippen molar-refractivity contribution in [2.45, 2.75) is 12.5 Å². The Labute approximate surface area is 152 Å². The Morgan fingerprint density at radius 2 is 1.35 bits per heavy atom. The van der Waals surface area contributed by atoms with E-state index in [1.165, 1.54) is 0 Å². The van der Waals surface area contributed by atoms with E-state index in [4.69, 9.17) is 0 Å². The highest BCUT2D eigenvalue weighted by atomic mass is 16.4. The Morgan fingerprint density at radius 3 is 1.85 bits per heavy atom. The van der Waals surface area contributed by atoms with E-state index in [1.54, 1.807) is 0 Å². The highest BCUT2D eigenvalue weighted by molar-refractivity contribution is 5.86. The van der Waals surface area contributed by atoms with Gasteiger partial charge >= 0.3 is 0 Å². The van der Waals surface area contributed by atoms with Crippen LogP contribution in [0.1, 0.15) is 23.6 Å². The summed E-state index contributed by atoms with van der Waals surface area (Å²) in [6.07, 6.45) is 4.62. The van der Waals surface area contributed by atoms with Gasteiger partial charge in [0.25, 0.3) is 0 Å². The fourth-order valence-electron chi connectivity index (χ4n) is 4.39. The first-order chi connectivity index (χ1) is 12.6. The maximum Gasteiger partial charge on any atom is 0.225 e. The van der Waals surface area contributed by atoms with E-state index in [0.29, 0.717) is 0 Å². The molecule has 4 heteroatoms. The van der Waals surface area contributed by atoms with E-state index < -0.39 is 17.8 Å². The Morgan fingerprint density at radius 1 is 0.846 bits per heavy atom. The summed E-state index contributed by atoms with van der Waals surface area (Å²) in [6.45, 7) is 0. The minimum atomic E-state index is -1.13. The monoisotopic (exact) mass is 346 g/mol. The number of carbonyl (C=O) groups is 2. The third-order valence-electron chi connectivity index (χ3n) is 5.59. The summed E-state index contributed by atoms with van der Waals surface area (Å²) in [5, 5.41) is 14.7. The fraction of sp³-hybridized carbons (Fsp3) is 0.273. The maximum atomic E-state index is 13.1. The highest BCUT2D eigenvalue weighted by Gasteiger charge is 2.49. The average Bonchev–Trinajstić information content (AvgIpc) is 3.29. The van der Waals surface area contributed by atoms with Gasteiger partial charge in [-0.15, -0.1) is 0 Å². The molecule has 132 valence electrons. The molecule has 0 saturated heterocycles. The number of carboxylic acids is 1. The molecule has 0 aromatic heterocycles. The van der Waals surface area contributed by atoms with Gasteiger partial charge in [0.1, 0.15) is 0 Å². The first-order valence-corrected chi connectivity index (χ1v) is 8.94. The summed E-state index contributed by atoms with van der Waals surface area (Å²) in [7, 11) is 0. The van der Waals surface area contributed by atoms with Crippen LogP contribution in [0.5, 0.6) is 0 Å². The van der Waals surface area contributed by atoms with Crippen LogP contribution in [0.25, 0.3) is 0 Å². The molecule has 0 radical (unpaired) electrons. The number of hydrogen-bond donors (Lipinski definition) is 1. The minimum Gasteiger partial charge on any atom is -0.550 e. The van der Waals surface area contributed by atoms with Gasteiger partial charge in [-0.05, 0) is 29.4 Å². The van der Waals surface area contributed by atoms with E-state index in [1.807, 2.05) is 72.8 Å². The van der Waals surface area contributed by atoms with Crippen LogP contribution >= 0.6 is 0 Å². The van der Waals surface area contributed by atoms with Crippen molar-refractivity contribution < 1.29 is 14.7 Å². The van der Waals surface area contributed by atoms with Gasteiger partial charge in [-0.1, -0.05) is 72.8 Å². The second-order valence-electron chi connectivity index (χ2n) is 7.08. The topological polar surface area (TPSA) is 69.2 Å². The van der Waals surface area contributed by atoms with Crippen LogP contribution in [0.15, 0.2) is 72.8 Å². The molecule has 0 heterocycles. The molecule has 1 saturated carbocycles. The van der Waals surface area contributed by atoms with Gasteiger partial charge in [0.15, 0.2) is 0 Å². The van der Waals surface area contributed by atoms with Crippen LogP contribution in [0.3, 0.4) is 0 Å². The van der Waals surface area contributed by atoms with Crippen molar-refractivity contribution in [2.24, 2.45) is 23.7 Å². The predicted octanol–water partition coefficient (Wildman–Crippen LogP) is 2.08. The number of allylic oxidation sites excluding steroid dienone is 2. The smallest absolute Gasteiger partial charge is 0.225 e. The van der Waals surface area contributed by atoms with Gasteiger partial charge in [-0.25, -0.2) is 0 Å². The maximum absolute atomic E-state index is 13.1. The largest absolute Gasteiger partial charge is 0.550 e. The van der Waals surface area contributed by atoms with Gasteiger partial charge in [-0.2, -0.15) is 0 Å². The number of nitrogens with one attached hydrogen (secondary N) is 1. The van der Waals surface area contributed by atoms with Gasteiger partial charge in [0, 0.05) is 11.9 Å². The summed E-state index contributed by atoms with van der Waals surface area (Å²) in [4.78, 5) is 24.7. The zero-order valence-electron chi connectivity index (χ0n) is 14.2. The van der Waals surface area contributed by atoms with Crippen molar-refractivity contribution in [3.8, 4) is 0 Å². The highest BCUT2D eigenvalue weighted by Crippen LogP contribution is 2.48. The quantitative estimate of drug-likeness (QED) is 0.843. The molecule has 1 amide bonds. The number of fused-ring (bicyclic) bond motifs is 2. The third-order valence-corrected chi connectivity index (χ3v) is 5.59. The normalized spacial score (nSPS) is 26.2. The van der Waals surface area contributed by atoms with E-state index in [2.05, 4.69) is 5.32 Å². The molecule has 0 aliphatic heterocycles. The lowest BCUT2D eigenvalue weighted by atomic mass is 9.82. The van der Waals surface area contributed by atoms with Gasteiger partial charge in [0.05, 0.1) is 12.0 Å². The van der Waals surface area contributed by atoms with Crippen molar-refractivity contribution >= 4 is 11.9 Å². The van der Waals surface area contributed by atoms with Crippen molar-refractivity contribution in [1.82, 2.24) is 5.32 Å². The lowest BCUT2D eigenvalue weighted by molar-refractivity contribution is -0.313. The standard InChI is InChI=1S/C22H21NO3/c24-21(18-16-11-12-17(13-16)19(18)22(25)26)23-20(14-7-3-1-4-8-14)15-9-5-2-6-10-15/h1-12,16-20H,13H2,(H,23,24)(H,25,26)/p-1/t16-,17+,18-,19+/m1/s1. The van der Waals surface area contributed by atoms with Crippen LogP contribution in [0.4, 0.5) is 0 Å². The molecule has 26 heavy (non-hydrogen) atoms. The van der Waals surface area contributed by atoms with Gasteiger partial charge < -0.3 is 15.2 Å². The molecule has 0 unspecified atom stereocenters. The Kier molecular flexibility index (Phi) is 4.33. The molecule has 1 fully saturated rings. The average molecular weight is 346 g/mol. The van der Waals surface area contributed by atoms with Gasteiger partial charge in [0.2, 0.25) is 5.91 Å². The zero-order valence-corrected chi connectivity index (χ0v) is 14.2. The van der Waals surface area contributed by atoms with Crippen LogP contribution in [0.2, 0.25) is 0 Å². The lowest BCUT2D eigenvalue weighted by Crippen LogP contribution is -2.45. The molecule has 0 spiro atoms. The molecule has 1 N–H and O–H groups in total. The van der Waals surface area contributed by atoms with E-state index in [0.717, 1.165) is 17.5 Å². The molecule has 2 aromatic rings. The van der Waals surface area contributed by atoms with Crippen molar-refractivity contribution in [1.29, 1.82) is 0 Å². The predicted molar refractivity (Wildman–Crippen MR) is 95.6 cm³/mol. The zero-order chi connectivity index (χ0) is 18.1. The first kappa shape index (κ1) is 16.6. The molecule has 2 aliphatic rings. The van der Waals surface area contributed by atoms with E-state index in [-0.39, 0.29) is 23.8 Å². The van der Waals surface area contributed by atoms with Crippen LogP contribution in [-0.4, -0.2) is 11.9 Å². The fourth-order valence-corrected chi connectivity index (χ4v) is 4.39. The molecule has 2 aliphatic carbocycles. The summed E-state index contributed by atoms with van der Waals surface area (Å²) >= 11 is 0. The SMILES string of the molecule is O=C([O-])[C@@H]1[C@H](C(=O)NC(c2ccccc2)c2ccccc2)[C@@H]2C=C[C@H]1C2. The molecule has 2 aromatic carbocycles. The Hall–Kier alpha value is -2.88. The summed E-state index contributed by atoms with van der Waals surface area (Å²) in [6, 6.07) is 19.1. The van der Waals surface area contributed by atoms with Crippen LogP contribution in [-0.2, 0) is 9.59 Å². The molecular formula is C22H20NO3-. The molecule has 4 rings (SSSR count). The van der Waals surface area contributed by atoms with E-state index in [9.17, 15) is 14.7 Å². The van der Waals surface area contributed by atoms with Crippen LogP contribution in [0, 0.1) is 23.7 Å². The Balaban J connectivity index is 1.63. The number of amides is 1. The number of carboxylic acid groups (broad SMARTS) is 1. The number of hydrogen-bond acceptors (Lipinski definition) is 3. The number of aliphatic carboxylic acids is 1. The molecular weight excluding hydrogens is 326 g/mol. The summed E-state index contributed by atoms with van der Waals surface area (Å²) in [5.41, 5.74) is 1.94. The Bertz CT molecular complexity index is 791. The van der Waals surface area contributed by atoms with Gasteiger partial charge in [-0.3, -0.25) is 4.79 Å². The number of carbonyl (C=O) groups excluding carboxylic acids is 2. The van der Waals surface area contributed by atoms with Crippen LogP contribution < -0.4 is 10.4 Å². The molecule has 2 bridgehead atoms. The van der Waals surface area contributed by atoms with Crippen molar-refractivity contribution in [2.75, 3.05) is 0 Å². The summed E-state index contributed by atoms with van der Waals surface area (Å²) < 4.78 is 0. The second-order valence-corrected chi connectivity index (χ2v) is 7.08. The number of benzene rings is 2. The van der Waals surface area contributed by atoms with Crippen molar-refractivity contribution in [3.63, 3.8) is 0 Å². The van der Waals surface area contributed by atoms with Crippen molar-refractivity contribution in [3.05, 3.63) is 83.9 Å². The first-order valence-electron chi connectivity index (χ1n) is 8.94. The summed E-state index contributed by atoms with van der Waals surface area (Å²) in [5.74, 6) is -2.75. The minimum absolute atomic E-state index is 0.0184. The third kappa shape index (κ3) is 2.92. The number of rotatable bonds is 5. The molecule has 4 atom stereocenters. The lowest BCUT2D eigenvalue weighted by Gasteiger charge is -2.30. The van der Waals surface area contributed by atoms with E-state index >= 15 is 0 Å². The molecule has 4 nitrogen and oxygen atoms in total. The second kappa shape index (κ2) is 6.79.